The van der Waals surface area contributed by atoms with Crippen LogP contribution in [0.2, 0.25) is 0 Å². The summed E-state index contributed by atoms with van der Waals surface area (Å²) in [7, 11) is 0. The van der Waals surface area contributed by atoms with Gasteiger partial charge in [0.05, 0.1) is 17.6 Å². The van der Waals surface area contributed by atoms with Crippen LogP contribution in [-0.2, 0) is 4.79 Å². The van der Waals surface area contributed by atoms with Crippen LogP contribution in [0.15, 0.2) is 6.20 Å². The normalized spacial score (nSPS) is 30.4. The molecule has 1 aromatic rings. The molecule has 1 saturated carbocycles. The van der Waals surface area contributed by atoms with Gasteiger partial charge in [-0.25, -0.2) is 0 Å². The van der Waals surface area contributed by atoms with Gasteiger partial charge in [-0.15, -0.1) is 0 Å². The van der Waals surface area contributed by atoms with Gasteiger partial charge in [-0.05, 0) is 13.3 Å². The summed E-state index contributed by atoms with van der Waals surface area (Å²) in [5.74, 6) is 0.738. The summed E-state index contributed by atoms with van der Waals surface area (Å²) in [6.07, 6.45) is 3.64. The van der Waals surface area contributed by atoms with E-state index < -0.39 is 0 Å². The summed E-state index contributed by atoms with van der Waals surface area (Å²) in [5.41, 5.74) is 2.27. The number of anilines is 1. The van der Waals surface area contributed by atoms with E-state index in [0.717, 1.165) is 25.1 Å². The summed E-state index contributed by atoms with van der Waals surface area (Å²) < 4.78 is 0. The molecule has 2 aliphatic rings. The Labute approximate surface area is 82.3 Å². The first kappa shape index (κ1) is 8.03. The lowest BCUT2D eigenvalue weighted by Crippen LogP contribution is -2.35. The molecule has 2 atom stereocenters. The van der Waals surface area contributed by atoms with Gasteiger partial charge in [0.2, 0.25) is 0 Å². The van der Waals surface area contributed by atoms with Crippen LogP contribution in [0.25, 0.3) is 0 Å². The van der Waals surface area contributed by atoms with Crippen LogP contribution in [0.3, 0.4) is 0 Å². The number of rotatable bonds is 1. The van der Waals surface area contributed by atoms with Gasteiger partial charge in [-0.1, -0.05) is 0 Å². The third-order valence-corrected chi connectivity index (χ3v) is 3.42. The molecule has 74 valence electrons. The second kappa shape index (κ2) is 2.59. The molecule has 0 aromatic carbocycles. The van der Waals surface area contributed by atoms with E-state index in [2.05, 4.69) is 15.1 Å². The second-order valence-electron chi connectivity index (χ2n) is 4.29. The number of aromatic nitrogens is 2. The van der Waals surface area contributed by atoms with Crippen molar-refractivity contribution >= 4 is 11.5 Å². The number of nitrogens with zero attached hydrogens (tertiary/aromatic N) is 2. The smallest absolute Gasteiger partial charge is 0.139 e. The Hall–Kier alpha value is -1.32. The number of fused-ring (bicyclic) bond motifs is 2. The Bertz CT molecular complexity index is 384. The van der Waals surface area contributed by atoms with E-state index in [-0.39, 0.29) is 5.92 Å². The highest BCUT2D eigenvalue weighted by Crippen LogP contribution is 2.38. The maximum atomic E-state index is 11.4. The predicted octanol–water partition coefficient (Wildman–Crippen LogP) is 0.886. The molecule has 0 amide bonds. The predicted molar refractivity (Wildman–Crippen MR) is 52.2 cm³/mol. The molecular formula is C10H13N3O. The highest BCUT2D eigenvalue weighted by Gasteiger charge is 2.44. The Balaban J connectivity index is 1.90. The number of carbonyl (C=O) groups is 1. The molecule has 1 aliphatic carbocycles. The second-order valence-corrected chi connectivity index (χ2v) is 4.29. The standard InChI is InChI=1S/C10H13N3O/c1-6-9(4-11-12-6)13-5-7-2-8(13)3-10(7)14/h4,7-8H,2-3,5H2,1H3,(H,11,12). The Morgan fingerprint density at radius 3 is 3.00 bits per heavy atom. The van der Waals surface area contributed by atoms with Gasteiger partial charge in [0.1, 0.15) is 5.78 Å². The van der Waals surface area contributed by atoms with Crippen molar-refractivity contribution in [3.05, 3.63) is 11.9 Å². The van der Waals surface area contributed by atoms with Crippen LogP contribution >= 0.6 is 0 Å². The summed E-state index contributed by atoms with van der Waals surface area (Å²) in [6, 6.07) is 0.434. The Morgan fingerprint density at radius 2 is 2.50 bits per heavy atom. The monoisotopic (exact) mass is 191 g/mol. The molecule has 4 heteroatoms. The lowest BCUT2D eigenvalue weighted by molar-refractivity contribution is -0.120. The van der Waals surface area contributed by atoms with E-state index in [9.17, 15) is 4.79 Å². The summed E-state index contributed by atoms with van der Waals surface area (Å²) >= 11 is 0. The molecule has 1 saturated heterocycles. The average molecular weight is 191 g/mol. The number of aryl methyl sites for hydroxylation is 1. The summed E-state index contributed by atoms with van der Waals surface area (Å²) in [4.78, 5) is 13.7. The number of piperidine rings is 1. The molecule has 2 fully saturated rings. The van der Waals surface area contributed by atoms with Crippen molar-refractivity contribution in [2.24, 2.45) is 5.92 Å². The quantitative estimate of drug-likeness (QED) is 0.717. The van der Waals surface area contributed by atoms with Crippen LogP contribution in [0, 0.1) is 12.8 Å². The van der Waals surface area contributed by atoms with E-state index in [1.54, 1.807) is 0 Å². The summed E-state index contributed by atoms with van der Waals surface area (Å²) in [5, 5.41) is 6.96. The van der Waals surface area contributed by atoms with Crippen LogP contribution in [-0.4, -0.2) is 28.6 Å². The van der Waals surface area contributed by atoms with Gasteiger partial charge in [-0.3, -0.25) is 9.89 Å². The van der Waals surface area contributed by atoms with E-state index >= 15 is 0 Å². The van der Waals surface area contributed by atoms with Crippen molar-refractivity contribution in [3.8, 4) is 0 Å². The van der Waals surface area contributed by atoms with Gasteiger partial charge < -0.3 is 4.90 Å². The highest BCUT2D eigenvalue weighted by molar-refractivity contribution is 5.87. The van der Waals surface area contributed by atoms with Crippen molar-refractivity contribution in [2.45, 2.75) is 25.8 Å². The zero-order chi connectivity index (χ0) is 9.71. The zero-order valence-electron chi connectivity index (χ0n) is 8.16. The number of aromatic amines is 1. The minimum absolute atomic E-state index is 0.286. The Kier molecular flexibility index (Phi) is 1.48. The molecule has 2 heterocycles. The molecule has 2 unspecified atom stereocenters. The Morgan fingerprint density at radius 1 is 1.64 bits per heavy atom. The number of ketones is 1. The van der Waals surface area contributed by atoms with Crippen molar-refractivity contribution in [2.75, 3.05) is 11.4 Å². The number of carbonyl (C=O) groups excluding carboxylic acids is 1. The number of hydrogen-bond acceptors (Lipinski definition) is 3. The zero-order valence-corrected chi connectivity index (χ0v) is 8.16. The van der Waals surface area contributed by atoms with Crippen LogP contribution in [0.1, 0.15) is 18.5 Å². The average Bonchev–Trinajstić information content (AvgIpc) is 2.78. The topological polar surface area (TPSA) is 49.0 Å². The molecule has 4 nitrogen and oxygen atoms in total. The van der Waals surface area contributed by atoms with E-state index in [4.69, 9.17) is 0 Å². The number of H-pyrrole nitrogens is 1. The van der Waals surface area contributed by atoms with Gasteiger partial charge in [-0.2, -0.15) is 5.10 Å². The SMILES string of the molecule is Cc1[nH]ncc1N1CC2CC1CC2=O. The minimum Gasteiger partial charge on any atom is -0.365 e. The first-order chi connectivity index (χ1) is 6.75. The van der Waals surface area contributed by atoms with Crippen molar-refractivity contribution in [1.82, 2.24) is 10.2 Å². The van der Waals surface area contributed by atoms with Crippen LogP contribution in [0.5, 0.6) is 0 Å². The minimum atomic E-state index is 0.286. The van der Waals surface area contributed by atoms with Gasteiger partial charge in [0.15, 0.2) is 0 Å². The highest BCUT2D eigenvalue weighted by atomic mass is 16.1. The fourth-order valence-corrected chi connectivity index (χ4v) is 2.67. The molecule has 1 aliphatic heterocycles. The number of hydrogen-bond donors (Lipinski definition) is 1. The molecular weight excluding hydrogens is 178 g/mol. The maximum absolute atomic E-state index is 11.4. The molecule has 0 spiro atoms. The molecule has 1 aromatic heterocycles. The largest absolute Gasteiger partial charge is 0.365 e. The third kappa shape index (κ3) is 0.937. The molecule has 0 radical (unpaired) electrons. The molecule has 2 bridgehead atoms. The van der Waals surface area contributed by atoms with Gasteiger partial charge in [0.25, 0.3) is 0 Å². The van der Waals surface area contributed by atoms with Crippen LogP contribution < -0.4 is 4.90 Å². The van der Waals surface area contributed by atoms with Crippen molar-refractivity contribution < 1.29 is 4.79 Å². The fourth-order valence-electron chi connectivity index (χ4n) is 2.67. The van der Waals surface area contributed by atoms with E-state index in [1.165, 1.54) is 5.69 Å². The first-order valence-electron chi connectivity index (χ1n) is 5.05. The fraction of sp³-hybridized carbons (Fsp3) is 0.600. The van der Waals surface area contributed by atoms with Crippen molar-refractivity contribution in [3.63, 3.8) is 0 Å². The number of Topliss-reactive ketones (excluding diaryl/α,β-unsaturated/α-hetero) is 1. The van der Waals surface area contributed by atoms with Crippen molar-refractivity contribution in [1.29, 1.82) is 0 Å². The van der Waals surface area contributed by atoms with E-state index in [0.29, 0.717) is 11.8 Å². The third-order valence-electron chi connectivity index (χ3n) is 3.42. The molecule has 3 rings (SSSR count). The van der Waals surface area contributed by atoms with E-state index in [1.807, 2.05) is 13.1 Å². The molecule has 14 heavy (non-hydrogen) atoms. The van der Waals surface area contributed by atoms with Gasteiger partial charge >= 0.3 is 0 Å². The number of nitrogens with one attached hydrogen (secondary N) is 1. The van der Waals surface area contributed by atoms with Gasteiger partial charge in [0, 0.05) is 24.9 Å². The lowest BCUT2D eigenvalue weighted by atomic mass is 10.1. The molecule has 1 N–H and O–H groups in total. The first-order valence-corrected chi connectivity index (χ1v) is 5.05. The lowest BCUT2D eigenvalue weighted by Gasteiger charge is -2.27. The summed E-state index contributed by atoms with van der Waals surface area (Å²) in [6.45, 7) is 2.92. The maximum Gasteiger partial charge on any atom is 0.139 e. The van der Waals surface area contributed by atoms with Crippen LogP contribution in [0.4, 0.5) is 5.69 Å².